The zero-order chi connectivity index (χ0) is 34.2. The Balaban J connectivity index is 1.19. The predicted octanol–water partition coefficient (Wildman–Crippen LogP) is 7.86. The first-order chi connectivity index (χ1) is 22.9. The average molecular weight is 861 g/mol. The Morgan fingerprint density at radius 2 is 1.67 bits per heavy atom. The fraction of sp³-hybridized carbons (Fsp3) is 0.265. The molecule has 0 N–H and O–H groups in total. The number of fused-ring (bicyclic) bond motifs is 6. The molecule has 3 aliphatic rings. The molecule has 4 aromatic rings. The maximum absolute atomic E-state index is 13.5. The number of aromatic nitrogens is 1. The fourth-order valence-electron chi connectivity index (χ4n) is 7.25. The number of aryl methyl sites for hydroxylation is 1. The number of imide groups is 1. The van der Waals surface area contributed by atoms with Crippen LogP contribution in [-0.4, -0.2) is 49.7 Å². The zero-order valence-corrected chi connectivity index (χ0v) is 30.4. The minimum Gasteiger partial charge on any atom is -0.454 e. The highest BCUT2D eigenvalue weighted by molar-refractivity contribution is 9.12. The lowest BCUT2D eigenvalue weighted by Crippen LogP contribution is -2.37. The van der Waals surface area contributed by atoms with Gasteiger partial charge in [-0.25, -0.2) is 9.78 Å². The summed E-state index contributed by atoms with van der Waals surface area (Å²) in [6.45, 7) is 1.12. The van der Waals surface area contributed by atoms with Crippen molar-refractivity contribution >= 4 is 105 Å². The molecule has 2 bridgehead atoms. The smallest absolute Gasteiger partial charge is 0.339 e. The highest BCUT2D eigenvalue weighted by Crippen LogP contribution is 2.60. The molecule has 14 heteroatoms. The quantitative estimate of drug-likeness (QED) is 0.0458. The van der Waals surface area contributed by atoms with E-state index in [2.05, 4.69) is 47.8 Å². The molecule has 10 nitrogen and oxygen atoms in total. The Kier molecular flexibility index (Phi) is 8.54. The lowest BCUT2D eigenvalue weighted by atomic mass is 9.81. The second-order valence-electron chi connectivity index (χ2n) is 12.1. The van der Waals surface area contributed by atoms with Crippen LogP contribution in [0.5, 0.6) is 0 Å². The van der Waals surface area contributed by atoms with Crippen molar-refractivity contribution in [3.63, 3.8) is 0 Å². The first-order valence-corrected chi connectivity index (χ1v) is 17.9. The van der Waals surface area contributed by atoms with Crippen LogP contribution >= 0.6 is 59.4 Å². The molecule has 2 heterocycles. The number of ketones is 1. The number of hydrogen-bond donors (Lipinski definition) is 0. The van der Waals surface area contributed by atoms with Gasteiger partial charge in [-0.05, 0) is 70.9 Å². The van der Waals surface area contributed by atoms with Crippen molar-refractivity contribution in [1.29, 1.82) is 0 Å². The summed E-state index contributed by atoms with van der Waals surface area (Å²) in [5, 5.41) is 12.0. The lowest BCUT2D eigenvalue weighted by molar-refractivity contribution is -0.384. The van der Waals surface area contributed by atoms with Gasteiger partial charge in [0.25, 0.3) is 5.69 Å². The Morgan fingerprint density at radius 3 is 2.29 bits per heavy atom. The van der Waals surface area contributed by atoms with E-state index < -0.39 is 23.3 Å². The molecule has 1 saturated heterocycles. The van der Waals surface area contributed by atoms with Crippen LogP contribution in [0.3, 0.4) is 0 Å². The molecule has 6 atom stereocenters. The molecule has 2 amide bonds. The zero-order valence-electron chi connectivity index (χ0n) is 24.9. The van der Waals surface area contributed by atoms with E-state index in [0.29, 0.717) is 42.9 Å². The molecule has 244 valence electrons. The third kappa shape index (κ3) is 5.30. The number of alkyl halides is 2. The van der Waals surface area contributed by atoms with Crippen molar-refractivity contribution in [3.05, 3.63) is 97.0 Å². The van der Waals surface area contributed by atoms with E-state index >= 15 is 0 Å². The van der Waals surface area contributed by atoms with E-state index in [9.17, 15) is 29.3 Å². The van der Waals surface area contributed by atoms with Crippen LogP contribution in [-0.2, 0) is 14.3 Å². The molecule has 48 heavy (non-hydrogen) atoms. The van der Waals surface area contributed by atoms with E-state index in [1.165, 1.54) is 29.2 Å². The Hall–Kier alpha value is -3.52. The first-order valence-electron chi connectivity index (χ1n) is 14.9. The number of nitrogens with zero attached hydrogens (tertiary/aromatic N) is 3. The number of carbonyl (C=O) groups excluding carboxylic acids is 4. The highest BCUT2D eigenvalue weighted by Gasteiger charge is 2.66. The van der Waals surface area contributed by atoms with Gasteiger partial charge in [0.2, 0.25) is 17.6 Å². The van der Waals surface area contributed by atoms with E-state index in [4.69, 9.17) is 21.3 Å². The molecule has 2 saturated carbocycles. The summed E-state index contributed by atoms with van der Waals surface area (Å²) >= 11 is 17.4. The van der Waals surface area contributed by atoms with Gasteiger partial charge in [0.15, 0.2) is 6.61 Å². The summed E-state index contributed by atoms with van der Waals surface area (Å²) in [7, 11) is 0. The molecule has 1 aromatic heterocycles. The molecule has 0 spiro atoms. The van der Waals surface area contributed by atoms with Gasteiger partial charge in [0.05, 0.1) is 44.2 Å². The number of rotatable bonds is 7. The molecule has 0 radical (unpaired) electrons. The number of nitro benzene ring substituents is 1. The summed E-state index contributed by atoms with van der Waals surface area (Å²) in [6.07, 6.45) is 0.840. The van der Waals surface area contributed by atoms with E-state index in [1.54, 1.807) is 37.3 Å². The monoisotopic (exact) mass is 857 g/mol. The van der Waals surface area contributed by atoms with Crippen LogP contribution in [0.4, 0.5) is 11.4 Å². The number of benzene rings is 3. The van der Waals surface area contributed by atoms with Crippen LogP contribution in [0.15, 0.2) is 65.1 Å². The first kappa shape index (κ1) is 33.0. The Morgan fingerprint density at radius 1 is 1.02 bits per heavy atom. The number of anilines is 1. The van der Waals surface area contributed by atoms with Crippen molar-refractivity contribution < 1.29 is 28.8 Å². The SMILES string of the molecule is Cc1c(Cl)c(Br)cc2c(C(=O)OCC(=O)c3cccc([N+](=O)[O-])c3)cc(-c3ccc(N4C(=O)C5C6CC(C(Br)C6Br)C5C4=O)cc3)nc12. The summed E-state index contributed by atoms with van der Waals surface area (Å²) < 4.78 is 5.95. The number of nitro groups is 1. The second kappa shape index (κ2) is 12.4. The molecule has 3 fully saturated rings. The van der Waals surface area contributed by atoms with Crippen LogP contribution in [0, 0.1) is 40.7 Å². The highest BCUT2D eigenvalue weighted by atomic mass is 79.9. The number of ether oxygens (including phenoxy) is 1. The van der Waals surface area contributed by atoms with Gasteiger partial charge in [-0.15, -0.1) is 0 Å². The number of halogens is 4. The minimum atomic E-state index is -0.808. The number of non-ortho nitro benzene ring substituents is 1. The number of amides is 2. The average Bonchev–Trinajstić information content (AvgIpc) is 3.70. The summed E-state index contributed by atoms with van der Waals surface area (Å²) in [4.78, 5) is 70.3. The number of carbonyl (C=O) groups is 4. The van der Waals surface area contributed by atoms with Crippen molar-refractivity contribution in [1.82, 2.24) is 4.98 Å². The van der Waals surface area contributed by atoms with Crippen LogP contribution < -0.4 is 4.90 Å². The number of Topliss-reactive ketones (excluding diaryl/α,β-unsaturated/α-hetero) is 1. The number of esters is 1. The lowest BCUT2D eigenvalue weighted by Gasteiger charge is -2.28. The van der Waals surface area contributed by atoms with Gasteiger partial charge in [-0.1, -0.05) is 67.7 Å². The summed E-state index contributed by atoms with van der Waals surface area (Å²) in [5.74, 6) is -2.26. The van der Waals surface area contributed by atoms with Crippen molar-refractivity contribution in [2.24, 2.45) is 23.7 Å². The Labute approximate surface area is 303 Å². The summed E-state index contributed by atoms with van der Waals surface area (Å²) in [6, 6.07) is 15.2. The van der Waals surface area contributed by atoms with Crippen molar-refractivity contribution in [2.75, 3.05) is 11.5 Å². The maximum Gasteiger partial charge on any atom is 0.339 e. The van der Waals surface area contributed by atoms with Gasteiger partial charge in [-0.2, -0.15) is 0 Å². The topological polar surface area (TPSA) is 137 Å². The Bertz CT molecular complexity index is 2060. The van der Waals surface area contributed by atoms with Crippen molar-refractivity contribution in [2.45, 2.75) is 23.0 Å². The maximum atomic E-state index is 13.5. The van der Waals surface area contributed by atoms with Gasteiger partial charge >= 0.3 is 5.97 Å². The van der Waals surface area contributed by atoms with E-state index in [0.717, 1.165) is 12.5 Å². The third-order valence-corrected chi connectivity index (χ3v) is 14.1. The molecule has 2 aliphatic carbocycles. The van der Waals surface area contributed by atoms with Crippen LogP contribution in [0.2, 0.25) is 5.02 Å². The standard InChI is InChI=1S/C34H23Br3ClN3O7/c1-14-30(38)23(35)11-19-20(34(45)48-13-25(42)16-3-2-4-18(9-16)41(46)47)12-24(39-31(14)19)15-5-7-17(8-6-15)40-32(43)26-21-10-22(27(26)33(40)44)29(37)28(21)36/h2-9,11-12,21-22,26-29H,10,13H2,1H3. The molecule has 6 unspecified atom stereocenters. The number of pyridine rings is 1. The predicted molar refractivity (Wildman–Crippen MR) is 189 cm³/mol. The molecule has 7 rings (SSSR count). The van der Waals surface area contributed by atoms with Gasteiger partial charge < -0.3 is 4.74 Å². The van der Waals surface area contributed by atoms with Crippen LogP contribution in [0.25, 0.3) is 22.2 Å². The minimum absolute atomic E-state index is 0.0352. The van der Waals surface area contributed by atoms with Crippen LogP contribution in [0.1, 0.15) is 32.7 Å². The fourth-order valence-corrected chi connectivity index (χ4v) is 9.79. The van der Waals surface area contributed by atoms with E-state index in [1.807, 2.05) is 0 Å². The molecule has 1 aliphatic heterocycles. The van der Waals surface area contributed by atoms with Crippen molar-refractivity contribution in [3.8, 4) is 11.3 Å². The molecular weight excluding hydrogens is 838 g/mol. The van der Waals surface area contributed by atoms with Gasteiger partial charge in [-0.3, -0.25) is 29.4 Å². The normalized spacial score (nSPS) is 24.3. The molecule has 3 aromatic carbocycles. The van der Waals surface area contributed by atoms with E-state index in [-0.39, 0.29) is 62.0 Å². The number of hydrogen-bond acceptors (Lipinski definition) is 8. The summed E-state index contributed by atoms with van der Waals surface area (Å²) in [5.41, 5.74) is 2.39. The van der Waals surface area contributed by atoms with Gasteiger partial charge in [0, 0.05) is 42.8 Å². The van der Waals surface area contributed by atoms with Gasteiger partial charge in [0.1, 0.15) is 0 Å². The molecular formula is C34H23Br3ClN3O7. The largest absolute Gasteiger partial charge is 0.454 e. The second-order valence-corrected chi connectivity index (χ2v) is 15.5. The third-order valence-electron chi connectivity index (χ3n) is 9.57.